The van der Waals surface area contributed by atoms with Gasteiger partial charge in [0.1, 0.15) is 17.5 Å². The summed E-state index contributed by atoms with van der Waals surface area (Å²) in [6.07, 6.45) is 3.18. The van der Waals surface area contributed by atoms with E-state index < -0.39 is 17.3 Å². The van der Waals surface area contributed by atoms with E-state index in [0.29, 0.717) is 35.2 Å². The van der Waals surface area contributed by atoms with Crippen LogP contribution in [0.1, 0.15) is 39.2 Å². The van der Waals surface area contributed by atoms with E-state index in [-0.39, 0.29) is 11.9 Å². The summed E-state index contributed by atoms with van der Waals surface area (Å²) in [4.78, 5) is 36.4. The number of carbonyl (C=O) groups excluding carboxylic acids is 1. The number of nitrogens with zero attached hydrogens (tertiary/aromatic N) is 3. The van der Waals surface area contributed by atoms with E-state index in [9.17, 15) is 9.59 Å². The Morgan fingerprint density at radius 3 is 2.80 bits per heavy atom. The highest BCUT2D eigenvalue weighted by Crippen LogP contribution is 2.33. The second-order valence-corrected chi connectivity index (χ2v) is 8.53. The van der Waals surface area contributed by atoms with E-state index in [1.165, 1.54) is 0 Å². The summed E-state index contributed by atoms with van der Waals surface area (Å²) in [7, 11) is 0. The molecule has 4 rings (SSSR count). The number of carbonyl (C=O) groups is 1. The first-order valence-electron chi connectivity index (χ1n) is 10.1. The maximum absolute atomic E-state index is 12.8. The maximum atomic E-state index is 12.8. The number of esters is 1. The molecule has 30 heavy (non-hydrogen) atoms. The van der Waals surface area contributed by atoms with E-state index in [1.807, 2.05) is 44.7 Å². The van der Waals surface area contributed by atoms with Crippen LogP contribution in [0.4, 0.5) is 5.82 Å². The molecular formula is C23H25N3O4. The number of ether oxygens (including phenoxy) is 1. The number of fused-ring (bicyclic) bond motifs is 1. The van der Waals surface area contributed by atoms with Crippen molar-refractivity contribution in [3.8, 4) is 11.5 Å². The summed E-state index contributed by atoms with van der Waals surface area (Å²) < 4.78 is 11.2. The molecule has 0 N–H and O–H groups in total. The van der Waals surface area contributed by atoms with Crippen molar-refractivity contribution in [1.29, 1.82) is 0 Å². The molecule has 0 unspecified atom stereocenters. The Labute approximate surface area is 174 Å². The highest BCUT2D eigenvalue weighted by molar-refractivity contribution is 5.85. The zero-order valence-electron chi connectivity index (χ0n) is 17.6. The number of hydrogen-bond donors (Lipinski definition) is 0. The van der Waals surface area contributed by atoms with Crippen molar-refractivity contribution in [2.45, 2.75) is 52.2 Å². The predicted octanol–water partition coefficient (Wildman–Crippen LogP) is 3.87. The Morgan fingerprint density at radius 1 is 1.23 bits per heavy atom. The van der Waals surface area contributed by atoms with E-state index >= 15 is 0 Å². The van der Waals surface area contributed by atoms with Gasteiger partial charge in [0, 0.05) is 12.7 Å². The molecule has 2 aromatic heterocycles. The average Bonchev–Trinajstić information content (AvgIpc) is 3.16. The number of aryl methyl sites for hydroxylation is 1. The van der Waals surface area contributed by atoms with Crippen molar-refractivity contribution < 1.29 is 13.9 Å². The van der Waals surface area contributed by atoms with Crippen LogP contribution in [-0.2, 0) is 9.53 Å². The predicted molar refractivity (Wildman–Crippen MR) is 114 cm³/mol. The van der Waals surface area contributed by atoms with Crippen molar-refractivity contribution in [3.05, 3.63) is 52.5 Å². The minimum atomic E-state index is -0.567. The van der Waals surface area contributed by atoms with Gasteiger partial charge in [-0.25, -0.2) is 19.6 Å². The van der Waals surface area contributed by atoms with Gasteiger partial charge in [-0.15, -0.1) is 0 Å². The van der Waals surface area contributed by atoms with Crippen LogP contribution in [0.2, 0.25) is 0 Å². The summed E-state index contributed by atoms with van der Waals surface area (Å²) in [6, 6.07) is 8.63. The van der Waals surface area contributed by atoms with Crippen LogP contribution in [0.5, 0.6) is 0 Å². The average molecular weight is 407 g/mol. The molecule has 0 amide bonds. The largest absolute Gasteiger partial charge is 0.458 e. The zero-order chi connectivity index (χ0) is 21.5. The van der Waals surface area contributed by atoms with Gasteiger partial charge in [-0.2, -0.15) is 0 Å². The lowest BCUT2D eigenvalue weighted by Crippen LogP contribution is -2.41. The van der Waals surface area contributed by atoms with Crippen LogP contribution in [0.15, 0.2) is 45.7 Å². The Kier molecular flexibility index (Phi) is 5.05. The monoisotopic (exact) mass is 407 g/mol. The highest BCUT2D eigenvalue weighted by atomic mass is 16.6. The first kappa shape index (κ1) is 20.1. The topological polar surface area (TPSA) is 85.5 Å². The van der Waals surface area contributed by atoms with E-state index in [2.05, 4.69) is 9.97 Å². The Balaban J connectivity index is 1.78. The van der Waals surface area contributed by atoms with Gasteiger partial charge >= 0.3 is 11.6 Å². The van der Waals surface area contributed by atoms with Crippen LogP contribution < -0.4 is 10.5 Å². The second kappa shape index (κ2) is 7.55. The highest BCUT2D eigenvalue weighted by Gasteiger charge is 2.36. The number of rotatable bonds is 3. The molecular weight excluding hydrogens is 382 g/mol. The standard InChI is InChI=1S/C23H25N3O4/c1-14-8-5-10-16-18(14)22(28)29-20(25-16)15-9-6-12-24-19(15)26-13-7-11-17(26)21(27)30-23(2,3)4/h5-6,8-10,12,17H,7,11,13H2,1-4H3/t17-/m0/s1. The number of benzene rings is 1. The quantitative estimate of drug-likeness (QED) is 0.609. The van der Waals surface area contributed by atoms with Gasteiger partial charge in [0.05, 0.1) is 16.5 Å². The molecule has 1 aliphatic heterocycles. The van der Waals surface area contributed by atoms with Crippen LogP contribution in [0, 0.1) is 6.92 Å². The molecule has 0 bridgehead atoms. The summed E-state index contributed by atoms with van der Waals surface area (Å²) in [6.45, 7) is 8.07. The first-order valence-corrected chi connectivity index (χ1v) is 10.1. The lowest BCUT2D eigenvalue weighted by atomic mass is 10.1. The molecule has 1 fully saturated rings. The fourth-order valence-electron chi connectivity index (χ4n) is 3.83. The fraction of sp³-hybridized carbons (Fsp3) is 0.391. The molecule has 0 saturated carbocycles. The molecule has 0 aliphatic carbocycles. The minimum absolute atomic E-state index is 0.191. The van der Waals surface area contributed by atoms with Gasteiger partial charge < -0.3 is 14.1 Å². The number of hydrogen-bond acceptors (Lipinski definition) is 7. The molecule has 0 radical (unpaired) electrons. The van der Waals surface area contributed by atoms with Crippen molar-refractivity contribution in [2.24, 2.45) is 0 Å². The van der Waals surface area contributed by atoms with Crippen LogP contribution in [0.3, 0.4) is 0 Å². The second-order valence-electron chi connectivity index (χ2n) is 8.53. The molecule has 1 aliphatic rings. The Hall–Kier alpha value is -3.22. The van der Waals surface area contributed by atoms with Gasteiger partial charge in [0.2, 0.25) is 5.89 Å². The lowest BCUT2D eigenvalue weighted by Gasteiger charge is -2.28. The summed E-state index contributed by atoms with van der Waals surface area (Å²) in [5, 5.41) is 0.472. The molecule has 156 valence electrons. The zero-order valence-corrected chi connectivity index (χ0v) is 17.6. The Morgan fingerprint density at radius 2 is 2.03 bits per heavy atom. The molecule has 1 aromatic carbocycles. The molecule has 7 heteroatoms. The third-order valence-corrected chi connectivity index (χ3v) is 5.09. The fourth-order valence-corrected chi connectivity index (χ4v) is 3.83. The molecule has 1 atom stereocenters. The minimum Gasteiger partial charge on any atom is -0.458 e. The Bertz CT molecular complexity index is 1160. The van der Waals surface area contributed by atoms with E-state index in [4.69, 9.17) is 9.15 Å². The van der Waals surface area contributed by atoms with Crippen LogP contribution in [0.25, 0.3) is 22.4 Å². The van der Waals surface area contributed by atoms with E-state index in [0.717, 1.165) is 12.0 Å². The van der Waals surface area contributed by atoms with Gasteiger partial charge in [0.25, 0.3) is 0 Å². The molecule has 1 saturated heterocycles. The van der Waals surface area contributed by atoms with Crippen molar-refractivity contribution in [3.63, 3.8) is 0 Å². The van der Waals surface area contributed by atoms with Gasteiger partial charge in [0.15, 0.2) is 0 Å². The van der Waals surface area contributed by atoms with Crippen molar-refractivity contribution in [1.82, 2.24) is 9.97 Å². The summed E-state index contributed by atoms with van der Waals surface area (Å²) >= 11 is 0. The van der Waals surface area contributed by atoms with Crippen LogP contribution >= 0.6 is 0 Å². The third-order valence-electron chi connectivity index (χ3n) is 5.09. The first-order chi connectivity index (χ1) is 14.2. The van der Waals surface area contributed by atoms with Gasteiger partial charge in [-0.3, -0.25) is 0 Å². The normalized spacial score (nSPS) is 16.8. The summed E-state index contributed by atoms with van der Waals surface area (Å²) in [5.74, 6) is 0.477. The number of aromatic nitrogens is 2. The number of anilines is 1. The van der Waals surface area contributed by atoms with Gasteiger partial charge in [-0.05, 0) is 64.3 Å². The number of pyridine rings is 1. The van der Waals surface area contributed by atoms with Gasteiger partial charge in [-0.1, -0.05) is 12.1 Å². The smallest absolute Gasteiger partial charge is 0.347 e. The SMILES string of the molecule is Cc1cccc2nc(-c3cccnc3N3CCC[C@H]3C(=O)OC(C)(C)C)oc(=O)c12. The van der Waals surface area contributed by atoms with Crippen molar-refractivity contribution >= 4 is 22.7 Å². The molecule has 7 nitrogen and oxygen atoms in total. The third kappa shape index (κ3) is 3.79. The van der Waals surface area contributed by atoms with E-state index in [1.54, 1.807) is 24.4 Å². The molecule has 0 spiro atoms. The molecule has 3 aromatic rings. The lowest BCUT2D eigenvalue weighted by molar-refractivity contribution is -0.156. The maximum Gasteiger partial charge on any atom is 0.347 e. The summed E-state index contributed by atoms with van der Waals surface area (Å²) in [5.41, 5.74) is 0.960. The molecule has 3 heterocycles. The van der Waals surface area contributed by atoms with Crippen LogP contribution in [-0.4, -0.2) is 34.1 Å². The van der Waals surface area contributed by atoms with Crippen molar-refractivity contribution in [2.75, 3.05) is 11.4 Å².